The number of thiophene rings is 1. The Hall–Kier alpha value is -7.93. The van der Waals surface area contributed by atoms with Crippen molar-refractivity contribution in [1.29, 1.82) is 0 Å². The highest BCUT2D eigenvalue weighted by molar-refractivity contribution is 7.26. The first-order chi connectivity index (χ1) is 30.2. The van der Waals surface area contributed by atoms with Crippen LogP contribution < -0.4 is 0 Å². The molecule has 0 atom stereocenters. The topological polar surface area (TPSA) is 56.7 Å². The third kappa shape index (κ3) is 5.22. The molecule has 0 unspecified atom stereocenters. The van der Waals surface area contributed by atoms with Crippen LogP contribution in [-0.4, -0.2) is 19.5 Å². The molecule has 0 bridgehead atoms. The minimum atomic E-state index is 0.570. The zero-order valence-electron chi connectivity index (χ0n) is 32.6. The van der Waals surface area contributed by atoms with Crippen LogP contribution in [-0.2, 0) is 0 Å². The van der Waals surface area contributed by atoms with Gasteiger partial charge >= 0.3 is 0 Å². The highest BCUT2D eigenvalue weighted by Crippen LogP contribution is 2.45. The fourth-order valence-electron chi connectivity index (χ4n) is 9.36. The van der Waals surface area contributed by atoms with E-state index in [0.717, 1.165) is 55.1 Å². The molecule has 0 amide bonds. The molecule has 5 nitrogen and oxygen atoms in total. The Labute approximate surface area is 353 Å². The van der Waals surface area contributed by atoms with Crippen LogP contribution in [0.15, 0.2) is 199 Å². The third-order valence-electron chi connectivity index (χ3n) is 12.1. The highest BCUT2D eigenvalue weighted by Gasteiger charge is 2.22. The number of nitrogens with zero attached hydrogens (tertiary/aromatic N) is 4. The Morgan fingerprint density at radius 2 is 1.02 bits per heavy atom. The minimum absolute atomic E-state index is 0.570. The normalized spacial score (nSPS) is 11.9. The van der Waals surface area contributed by atoms with Crippen LogP contribution >= 0.6 is 11.3 Å². The maximum atomic E-state index is 6.49. The van der Waals surface area contributed by atoms with E-state index in [4.69, 9.17) is 19.4 Å². The molecule has 61 heavy (non-hydrogen) atoms. The molecular weight excluding hydrogens is 765 g/mol. The second-order valence-corrected chi connectivity index (χ2v) is 16.6. The fourth-order valence-corrected chi connectivity index (χ4v) is 10.5. The van der Waals surface area contributed by atoms with Crippen LogP contribution in [0.4, 0.5) is 0 Å². The third-order valence-corrected chi connectivity index (χ3v) is 13.2. The van der Waals surface area contributed by atoms with E-state index in [2.05, 4.69) is 144 Å². The number of para-hydroxylation sites is 3. The molecule has 0 aliphatic rings. The quantitative estimate of drug-likeness (QED) is 0.174. The largest absolute Gasteiger partial charge is 0.455 e. The lowest BCUT2D eigenvalue weighted by Crippen LogP contribution is -2.00. The van der Waals surface area contributed by atoms with Crippen molar-refractivity contribution in [2.75, 3.05) is 0 Å². The van der Waals surface area contributed by atoms with E-state index in [1.807, 2.05) is 54.6 Å². The van der Waals surface area contributed by atoms with Gasteiger partial charge in [0.05, 0.1) is 16.6 Å². The minimum Gasteiger partial charge on any atom is -0.455 e. The SMILES string of the molecule is c1ccc(-c2nc(-c3cccc4c3oc3ccccc34)nc(-c3cccc4sc5cc(-n6c7ccccc7c7c8ccccc8c(-c8ccccc8)cc76)ccc5c34)n2)cc1. The van der Waals surface area contributed by atoms with Crippen molar-refractivity contribution in [3.05, 3.63) is 194 Å². The molecule has 0 spiro atoms. The average Bonchev–Trinajstić information content (AvgIpc) is 4.01. The van der Waals surface area contributed by atoms with Gasteiger partial charge in [0, 0.05) is 58.5 Å². The smallest absolute Gasteiger partial charge is 0.167 e. The zero-order valence-corrected chi connectivity index (χ0v) is 33.4. The van der Waals surface area contributed by atoms with Crippen LogP contribution in [0.3, 0.4) is 0 Å². The molecule has 0 fully saturated rings. The lowest BCUT2D eigenvalue weighted by molar-refractivity contribution is 0.669. The monoisotopic (exact) mass is 796 g/mol. The number of benzene rings is 9. The van der Waals surface area contributed by atoms with Crippen molar-refractivity contribution in [3.63, 3.8) is 0 Å². The molecule has 0 aliphatic carbocycles. The number of aromatic nitrogens is 4. The first kappa shape index (κ1) is 34.0. The molecule has 13 aromatic rings. The molecule has 0 saturated carbocycles. The van der Waals surface area contributed by atoms with Crippen molar-refractivity contribution < 1.29 is 4.42 Å². The summed E-state index contributed by atoms with van der Waals surface area (Å²) in [6, 6.07) is 68.6. The first-order valence-corrected chi connectivity index (χ1v) is 21.3. The van der Waals surface area contributed by atoms with Crippen molar-refractivity contribution in [2.45, 2.75) is 0 Å². The number of furan rings is 1. The molecular formula is C55H32N4OS. The Morgan fingerprint density at radius 1 is 0.377 bits per heavy atom. The summed E-state index contributed by atoms with van der Waals surface area (Å²) >= 11 is 1.80. The summed E-state index contributed by atoms with van der Waals surface area (Å²) in [5, 5.41) is 9.41. The highest BCUT2D eigenvalue weighted by atomic mass is 32.1. The molecule has 9 aromatic carbocycles. The van der Waals surface area contributed by atoms with Crippen LogP contribution in [0.1, 0.15) is 0 Å². The lowest BCUT2D eigenvalue weighted by atomic mass is 9.95. The van der Waals surface area contributed by atoms with Gasteiger partial charge in [-0.05, 0) is 64.4 Å². The van der Waals surface area contributed by atoms with Gasteiger partial charge in [0.2, 0.25) is 0 Å². The molecule has 4 aromatic heterocycles. The van der Waals surface area contributed by atoms with E-state index in [1.54, 1.807) is 11.3 Å². The van der Waals surface area contributed by atoms with Gasteiger partial charge in [0.25, 0.3) is 0 Å². The van der Waals surface area contributed by atoms with E-state index < -0.39 is 0 Å². The number of fused-ring (bicyclic) bond motifs is 11. The van der Waals surface area contributed by atoms with Gasteiger partial charge in [-0.1, -0.05) is 152 Å². The predicted octanol–water partition coefficient (Wildman–Crippen LogP) is 15.1. The summed E-state index contributed by atoms with van der Waals surface area (Å²) in [5.74, 6) is 1.80. The molecule has 0 N–H and O–H groups in total. The second-order valence-electron chi connectivity index (χ2n) is 15.5. The number of hydrogen-bond donors (Lipinski definition) is 0. The molecule has 0 radical (unpaired) electrons. The van der Waals surface area contributed by atoms with E-state index >= 15 is 0 Å². The zero-order chi connectivity index (χ0) is 40.0. The number of rotatable bonds is 5. The summed E-state index contributed by atoms with van der Waals surface area (Å²) in [6.07, 6.45) is 0. The van der Waals surface area contributed by atoms with Crippen LogP contribution in [0, 0.1) is 0 Å². The number of hydrogen-bond acceptors (Lipinski definition) is 5. The summed E-state index contributed by atoms with van der Waals surface area (Å²) in [6.45, 7) is 0. The molecule has 6 heteroatoms. The van der Waals surface area contributed by atoms with Gasteiger partial charge < -0.3 is 8.98 Å². The van der Waals surface area contributed by atoms with Gasteiger partial charge in [0.15, 0.2) is 17.5 Å². The van der Waals surface area contributed by atoms with Gasteiger partial charge in [-0.3, -0.25) is 0 Å². The summed E-state index contributed by atoms with van der Waals surface area (Å²) in [7, 11) is 0. The van der Waals surface area contributed by atoms with Gasteiger partial charge in [-0.2, -0.15) is 0 Å². The standard InChI is InChI=1S/C55H32N4OS/c1-3-15-33(16-4-1)44-32-46-50(38-21-8-7-19-36(38)44)40-22-9-11-26-45(40)59(46)35-29-30-41-49(31-35)61-48-28-14-24-42(51(41)48)54-56-53(34-17-5-2-6-18-34)57-55(58-54)43-25-13-23-39-37-20-10-12-27-47(37)60-52(39)43/h1-32H. The summed E-state index contributed by atoms with van der Waals surface area (Å²) < 4.78 is 11.3. The molecule has 4 heterocycles. The van der Waals surface area contributed by atoms with E-state index in [0.29, 0.717) is 17.5 Å². The molecule has 0 saturated heterocycles. The van der Waals surface area contributed by atoms with Crippen molar-refractivity contribution >= 4 is 86.0 Å². The van der Waals surface area contributed by atoms with E-state index in [9.17, 15) is 0 Å². The Bertz CT molecular complexity index is 3880. The lowest BCUT2D eigenvalue weighted by Gasteiger charge is -2.12. The van der Waals surface area contributed by atoms with Gasteiger partial charge in [-0.25, -0.2) is 15.0 Å². The van der Waals surface area contributed by atoms with E-state index in [1.165, 1.54) is 53.1 Å². The average molecular weight is 797 g/mol. The van der Waals surface area contributed by atoms with Crippen molar-refractivity contribution in [1.82, 2.24) is 19.5 Å². The molecule has 0 aliphatic heterocycles. The van der Waals surface area contributed by atoms with Crippen molar-refractivity contribution in [3.8, 4) is 51.0 Å². The van der Waals surface area contributed by atoms with Crippen molar-refractivity contribution in [2.24, 2.45) is 0 Å². The van der Waals surface area contributed by atoms with Gasteiger partial charge in [0.1, 0.15) is 11.2 Å². The predicted molar refractivity (Wildman–Crippen MR) is 254 cm³/mol. The maximum Gasteiger partial charge on any atom is 0.167 e. The van der Waals surface area contributed by atoms with Crippen LogP contribution in [0.25, 0.3) is 126 Å². The van der Waals surface area contributed by atoms with Crippen LogP contribution in [0.2, 0.25) is 0 Å². The fraction of sp³-hybridized carbons (Fsp3) is 0. The Balaban J connectivity index is 1.03. The maximum absolute atomic E-state index is 6.49. The van der Waals surface area contributed by atoms with Gasteiger partial charge in [-0.15, -0.1) is 11.3 Å². The van der Waals surface area contributed by atoms with Crippen LogP contribution in [0.5, 0.6) is 0 Å². The second kappa shape index (κ2) is 13.3. The summed E-state index contributed by atoms with van der Waals surface area (Å²) in [4.78, 5) is 15.6. The Morgan fingerprint density at radius 3 is 1.85 bits per heavy atom. The first-order valence-electron chi connectivity index (χ1n) is 20.4. The Kier molecular flexibility index (Phi) is 7.41. The summed E-state index contributed by atoms with van der Waals surface area (Å²) in [5.41, 5.74) is 10.2. The molecule has 284 valence electrons. The van der Waals surface area contributed by atoms with E-state index in [-0.39, 0.29) is 0 Å². The molecule has 13 rings (SSSR count).